The number of halogens is 1. The van der Waals surface area contributed by atoms with E-state index in [9.17, 15) is 14.4 Å². The molecule has 0 bridgehead atoms. The lowest BCUT2D eigenvalue weighted by molar-refractivity contribution is -0.144. The average molecular weight is 381 g/mol. The van der Waals surface area contributed by atoms with Gasteiger partial charge < -0.3 is 15.4 Å². The van der Waals surface area contributed by atoms with E-state index in [1.807, 2.05) is 0 Å². The molecule has 0 unspecified atom stereocenters. The number of esters is 1. The molecule has 1 aliphatic carbocycles. The number of ether oxygens (including phenoxy) is 1. The largest absolute Gasteiger partial charge is 0.466 e. The lowest BCUT2D eigenvalue weighted by Crippen LogP contribution is -2.36. The maximum absolute atomic E-state index is 12.5. The number of carbonyl (C=O) groups excluding carboxylic acids is 3. The third-order valence-electron chi connectivity index (χ3n) is 4.30. The standard InChI is InChI=1S/C19H25ClN2O4/c1-2-26-18(24)11-10-17(23)21-14-8-9-16(20)15(12-14)19(25)22-13-6-4-3-5-7-13/h8-9,12-13H,2-7,10-11H2,1H3,(H,21,23)(H,22,25). The summed E-state index contributed by atoms with van der Waals surface area (Å²) in [7, 11) is 0. The second-order valence-electron chi connectivity index (χ2n) is 6.36. The molecule has 0 aromatic heterocycles. The van der Waals surface area contributed by atoms with Gasteiger partial charge in [0.05, 0.1) is 23.6 Å². The van der Waals surface area contributed by atoms with Gasteiger partial charge in [-0.05, 0) is 38.0 Å². The first-order valence-electron chi connectivity index (χ1n) is 9.05. The molecule has 1 fully saturated rings. The van der Waals surface area contributed by atoms with Gasteiger partial charge in [0.15, 0.2) is 0 Å². The Morgan fingerprint density at radius 3 is 2.58 bits per heavy atom. The van der Waals surface area contributed by atoms with Crippen molar-refractivity contribution in [2.24, 2.45) is 0 Å². The number of amides is 2. The number of hydrogen-bond donors (Lipinski definition) is 2. The van der Waals surface area contributed by atoms with Crippen LogP contribution in [0.2, 0.25) is 5.02 Å². The van der Waals surface area contributed by atoms with Gasteiger partial charge in [-0.1, -0.05) is 30.9 Å². The molecule has 0 heterocycles. The van der Waals surface area contributed by atoms with Crippen molar-refractivity contribution < 1.29 is 19.1 Å². The van der Waals surface area contributed by atoms with Crippen LogP contribution in [-0.2, 0) is 14.3 Å². The zero-order valence-electron chi connectivity index (χ0n) is 15.0. The Kier molecular flexibility index (Phi) is 7.91. The summed E-state index contributed by atoms with van der Waals surface area (Å²) in [6.07, 6.45) is 5.44. The first-order chi connectivity index (χ1) is 12.5. The Labute approximate surface area is 158 Å². The van der Waals surface area contributed by atoms with Crippen LogP contribution in [0.25, 0.3) is 0 Å². The molecule has 1 saturated carbocycles. The summed E-state index contributed by atoms with van der Waals surface area (Å²) < 4.78 is 4.79. The summed E-state index contributed by atoms with van der Waals surface area (Å²) in [5.41, 5.74) is 0.803. The molecular weight excluding hydrogens is 356 g/mol. The average Bonchev–Trinajstić information content (AvgIpc) is 2.62. The summed E-state index contributed by atoms with van der Waals surface area (Å²) in [5, 5.41) is 6.03. The molecule has 2 amide bonds. The third kappa shape index (κ3) is 6.33. The van der Waals surface area contributed by atoms with Crippen molar-refractivity contribution in [3.8, 4) is 0 Å². The van der Waals surface area contributed by atoms with E-state index in [4.69, 9.17) is 16.3 Å². The van der Waals surface area contributed by atoms with Gasteiger partial charge in [-0.2, -0.15) is 0 Å². The van der Waals surface area contributed by atoms with Gasteiger partial charge in [0.2, 0.25) is 5.91 Å². The van der Waals surface area contributed by atoms with Crippen molar-refractivity contribution in [3.63, 3.8) is 0 Å². The van der Waals surface area contributed by atoms with Gasteiger partial charge in [0.1, 0.15) is 0 Å². The quantitative estimate of drug-likeness (QED) is 0.706. The smallest absolute Gasteiger partial charge is 0.306 e. The molecule has 1 aromatic carbocycles. The lowest BCUT2D eigenvalue weighted by Gasteiger charge is -2.23. The predicted molar refractivity (Wildman–Crippen MR) is 100 cm³/mol. The van der Waals surface area contributed by atoms with E-state index in [-0.39, 0.29) is 37.3 Å². The van der Waals surface area contributed by atoms with Gasteiger partial charge in [0, 0.05) is 18.2 Å². The third-order valence-corrected chi connectivity index (χ3v) is 4.63. The molecule has 0 radical (unpaired) electrons. The minimum Gasteiger partial charge on any atom is -0.466 e. The lowest BCUT2D eigenvalue weighted by atomic mass is 9.95. The van der Waals surface area contributed by atoms with Crippen molar-refractivity contribution in [1.29, 1.82) is 0 Å². The number of hydrogen-bond acceptors (Lipinski definition) is 4. The molecule has 7 heteroatoms. The zero-order valence-corrected chi connectivity index (χ0v) is 15.7. The first kappa shape index (κ1) is 20.2. The Balaban J connectivity index is 1.94. The van der Waals surface area contributed by atoms with E-state index in [2.05, 4.69) is 10.6 Å². The summed E-state index contributed by atoms with van der Waals surface area (Å²) in [6.45, 7) is 2.00. The fraction of sp³-hybridized carbons (Fsp3) is 0.526. The Bertz CT molecular complexity index is 657. The van der Waals surface area contributed by atoms with Crippen molar-refractivity contribution in [2.75, 3.05) is 11.9 Å². The molecule has 1 aromatic rings. The molecule has 1 aliphatic rings. The number of rotatable bonds is 7. The van der Waals surface area contributed by atoms with Crippen LogP contribution < -0.4 is 10.6 Å². The van der Waals surface area contributed by atoms with Crippen LogP contribution in [0, 0.1) is 0 Å². The molecular formula is C19H25ClN2O4. The maximum Gasteiger partial charge on any atom is 0.306 e. The van der Waals surface area contributed by atoms with Gasteiger partial charge in [-0.25, -0.2) is 0 Å². The van der Waals surface area contributed by atoms with Crippen LogP contribution >= 0.6 is 11.6 Å². The van der Waals surface area contributed by atoms with Crippen LogP contribution in [0.4, 0.5) is 5.69 Å². The van der Waals surface area contributed by atoms with Crippen molar-refractivity contribution >= 4 is 35.1 Å². The van der Waals surface area contributed by atoms with Crippen LogP contribution in [-0.4, -0.2) is 30.4 Å². The van der Waals surface area contributed by atoms with E-state index in [0.717, 1.165) is 25.7 Å². The first-order valence-corrected chi connectivity index (χ1v) is 9.43. The Morgan fingerprint density at radius 1 is 1.15 bits per heavy atom. The molecule has 2 N–H and O–H groups in total. The summed E-state index contributed by atoms with van der Waals surface area (Å²) in [6, 6.07) is 4.94. The summed E-state index contributed by atoms with van der Waals surface area (Å²) in [5.74, 6) is -0.963. The van der Waals surface area contributed by atoms with Gasteiger partial charge in [-0.15, -0.1) is 0 Å². The minimum absolute atomic E-state index is 0.0162. The molecule has 6 nitrogen and oxygen atoms in total. The van der Waals surface area contributed by atoms with E-state index in [0.29, 0.717) is 16.3 Å². The zero-order chi connectivity index (χ0) is 18.9. The highest BCUT2D eigenvalue weighted by atomic mass is 35.5. The maximum atomic E-state index is 12.5. The molecule has 2 rings (SSSR count). The number of nitrogens with one attached hydrogen (secondary N) is 2. The topological polar surface area (TPSA) is 84.5 Å². The second-order valence-corrected chi connectivity index (χ2v) is 6.76. The fourth-order valence-electron chi connectivity index (χ4n) is 2.96. The molecule has 0 saturated heterocycles. The SMILES string of the molecule is CCOC(=O)CCC(=O)Nc1ccc(Cl)c(C(=O)NC2CCCCC2)c1. The molecule has 142 valence electrons. The van der Waals surface area contributed by atoms with E-state index < -0.39 is 5.97 Å². The van der Waals surface area contributed by atoms with Crippen molar-refractivity contribution in [3.05, 3.63) is 28.8 Å². The second kappa shape index (κ2) is 10.2. The van der Waals surface area contributed by atoms with E-state index in [1.54, 1.807) is 25.1 Å². The van der Waals surface area contributed by atoms with E-state index in [1.165, 1.54) is 6.42 Å². The Hall–Kier alpha value is -2.08. The van der Waals surface area contributed by atoms with E-state index >= 15 is 0 Å². The Morgan fingerprint density at radius 2 is 1.88 bits per heavy atom. The van der Waals surface area contributed by atoms with Crippen LogP contribution in [0.1, 0.15) is 62.2 Å². The van der Waals surface area contributed by atoms with Gasteiger partial charge >= 0.3 is 5.97 Å². The van der Waals surface area contributed by atoms with Crippen LogP contribution in [0.5, 0.6) is 0 Å². The highest BCUT2D eigenvalue weighted by Crippen LogP contribution is 2.23. The van der Waals surface area contributed by atoms with Crippen LogP contribution in [0.15, 0.2) is 18.2 Å². The minimum atomic E-state index is -0.411. The van der Waals surface area contributed by atoms with Gasteiger partial charge in [0.25, 0.3) is 5.91 Å². The normalized spacial score (nSPS) is 14.5. The predicted octanol–water partition coefficient (Wildman–Crippen LogP) is 3.68. The van der Waals surface area contributed by atoms with Gasteiger partial charge in [-0.3, -0.25) is 14.4 Å². The highest BCUT2D eigenvalue weighted by Gasteiger charge is 2.19. The van der Waals surface area contributed by atoms with Crippen molar-refractivity contribution in [1.82, 2.24) is 5.32 Å². The molecule has 0 spiro atoms. The monoisotopic (exact) mass is 380 g/mol. The number of anilines is 1. The number of carbonyl (C=O) groups is 3. The highest BCUT2D eigenvalue weighted by molar-refractivity contribution is 6.34. The van der Waals surface area contributed by atoms with Crippen LogP contribution in [0.3, 0.4) is 0 Å². The fourth-order valence-corrected chi connectivity index (χ4v) is 3.16. The van der Waals surface area contributed by atoms with Crippen molar-refractivity contribution in [2.45, 2.75) is 57.9 Å². The summed E-state index contributed by atoms with van der Waals surface area (Å²) in [4.78, 5) is 35.7. The summed E-state index contributed by atoms with van der Waals surface area (Å²) >= 11 is 6.15. The number of benzene rings is 1. The molecule has 0 atom stereocenters. The molecule has 26 heavy (non-hydrogen) atoms. The molecule has 0 aliphatic heterocycles.